The summed E-state index contributed by atoms with van der Waals surface area (Å²) >= 11 is 3.44. The summed E-state index contributed by atoms with van der Waals surface area (Å²) in [4.78, 5) is 23.5. The van der Waals surface area contributed by atoms with Crippen molar-refractivity contribution in [3.05, 3.63) is 75.3 Å². The molecule has 2 aromatic rings. The summed E-state index contributed by atoms with van der Waals surface area (Å²) in [6.07, 6.45) is 5.23. The molecular weight excluding hydrogens is 410 g/mol. The molecule has 1 aliphatic heterocycles. The number of esters is 1. The van der Waals surface area contributed by atoms with Gasteiger partial charge in [-0.3, -0.25) is 0 Å². The lowest BCUT2D eigenvalue weighted by molar-refractivity contribution is 0.0599. The highest BCUT2D eigenvalue weighted by Crippen LogP contribution is 2.51. The molecule has 0 amide bonds. The number of hydrogen-bond acceptors (Lipinski definition) is 4. The van der Waals surface area contributed by atoms with Crippen molar-refractivity contribution in [1.29, 1.82) is 0 Å². The van der Waals surface area contributed by atoms with E-state index < -0.39 is 5.97 Å². The van der Waals surface area contributed by atoms with Gasteiger partial charge in [0.25, 0.3) is 0 Å². The van der Waals surface area contributed by atoms with Gasteiger partial charge in [-0.2, -0.15) is 0 Å². The number of allylic oxidation sites excluding steroid dienone is 2. The number of anilines is 1. The van der Waals surface area contributed by atoms with Gasteiger partial charge in [0, 0.05) is 10.4 Å². The zero-order valence-electron chi connectivity index (χ0n) is 14.6. The Balaban J connectivity index is 1.77. The summed E-state index contributed by atoms with van der Waals surface area (Å²) in [5, 5.41) is 13.1. The lowest BCUT2D eigenvalue weighted by Gasteiger charge is -2.38. The van der Waals surface area contributed by atoms with Crippen LogP contribution in [0.25, 0.3) is 0 Å². The highest BCUT2D eigenvalue weighted by atomic mass is 79.9. The largest absolute Gasteiger partial charge is 0.478 e. The summed E-state index contributed by atoms with van der Waals surface area (Å²) in [5.41, 5.74) is 3.44. The van der Waals surface area contributed by atoms with Gasteiger partial charge in [0.2, 0.25) is 0 Å². The zero-order chi connectivity index (χ0) is 19.1. The third-order valence-corrected chi connectivity index (χ3v) is 5.81. The van der Waals surface area contributed by atoms with Crippen LogP contribution in [-0.4, -0.2) is 24.2 Å². The Bertz CT molecular complexity index is 951. The van der Waals surface area contributed by atoms with E-state index in [2.05, 4.69) is 33.4 Å². The number of ether oxygens (including phenoxy) is 1. The molecule has 2 aromatic carbocycles. The van der Waals surface area contributed by atoms with Gasteiger partial charge in [-0.15, -0.1) is 0 Å². The van der Waals surface area contributed by atoms with E-state index in [1.165, 1.54) is 7.11 Å². The molecule has 6 heteroatoms. The highest BCUT2D eigenvalue weighted by molar-refractivity contribution is 9.10. The van der Waals surface area contributed by atoms with Crippen molar-refractivity contribution in [1.82, 2.24) is 0 Å². The van der Waals surface area contributed by atoms with Crippen LogP contribution in [0.5, 0.6) is 0 Å². The standard InChI is InChI=1S/C21H18BrNO4/c1-27-21(26)12-7-5-11(6-8-12)18-15-4-2-3-14(15)16-9-13(22)10-17(20(24)25)19(16)23-18/h2-3,5-10,14-15,18,23H,4H2,1H3,(H,24,25)/t14-,15-,18+/m1/s1. The Morgan fingerprint density at radius 3 is 2.63 bits per heavy atom. The van der Waals surface area contributed by atoms with Crippen LogP contribution < -0.4 is 5.32 Å². The van der Waals surface area contributed by atoms with Crippen molar-refractivity contribution in [3.8, 4) is 0 Å². The number of carboxylic acids is 1. The number of nitrogens with one attached hydrogen (secondary N) is 1. The fourth-order valence-corrected chi connectivity index (χ4v) is 4.58. The van der Waals surface area contributed by atoms with E-state index in [4.69, 9.17) is 4.74 Å². The summed E-state index contributed by atoms with van der Waals surface area (Å²) in [6, 6.07) is 10.9. The molecule has 0 radical (unpaired) electrons. The Hall–Kier alpha value is -2.60. The molecule has 0 unspecified atom stereocenters. The van der Waals surface area contributed by atoms with Gasteiger partial charge < -0.3 is 15.2 Å². The van der Waals surface area contributed by atoms with E-state index in [1.54, 1.807) is 18.2 Å². The Kier molecular flexibility index (Phi) is 4.52. The van der Waals surface area contributed by atoms with E-state index in [9.17, 15) is 14.7 Å². The number of aromatic carboxylic acids is 1. The summed E-state index contributed by atoms with van der Waals surface area (Å²) < 4.78 is 5.52. The van der Waals surface area contributed by atoms with E-state index in [1.807, 2.05) is 18.2 Å². The summed E-state index contributed by atoms with van der Waals surface area (Å²) in [7, 11) is 1.36. The average molecular weight is 428 g/mol. The van der Waals surface area contributed by atoms with Gasteiger partial charge in [-0.05, 0) is 47.7 Å². The predicted octanol–water partition coefficient (Wildman–Crippen LogP) is 4.76. The molecule has 0 aromatic heterocycles. The number of methoxy groups -OCH3 is 1. The first-order valence-electron chi connectivity index (χ1n) is 8.68. The summed E-state index contributed by atoms with van der Waals surface area (Å²) in [5.74, 6) is -0.887. The van der Waals surface area contributed by atoms with Crippen LogP contribution in [0.2, 0.25) is 0 Å². The maximum absolute atomic E-state index is 11.8. The first-order chi connectivity index (χ1) is 13.0. The number of halogens is 1. The quantitative estimate of drug-likeness (QED) is 0.545. The van der Waals surface area contributed by atoms with Crippen molar-refractivity contribution < 1.29 is 19.4 Å². The monoisotopic (exact) mass is 427 g/mol. The molecule has 5 nitrogen and oxygen atoms in total. The molecule has 1 heterocycles. The topological polar surface area (TPSA) is 75.6 Å². The molecule has 0 bridgehead atoms. The molecule has 0 spiro atoms. The van der Waals surface area contributed by atoms with Crippen molar-refractivity contribution in [2.24, 2.45) is 5.92 Å². The first kappa shape index (κ1) is 17.8. The second-order valence-corrected chi connectivity index (χ2v) is 7.73. The molecule has 0 saturated carbocycles. The van der Waals surface area contributed by atoms with Crippen LogP contribution in [-0.2, 0) is 4.74 Å². The minimum atomic E-state index is -0.958. The molecule has 4 rings (SSSR count). The third kappa shape index (κ3) is 3.04. The fourth-order valence-electron chi connectivity index (χ4n) is 4.11. The average Bonchev–Trinajstić information content (AvgIpc) is 3.16. The maximum Gasteiger partial charge on any atom is 0.337 e. The van der Waals surface area contributed by atoms with Gasteiger partial charge in [-0.1, -0.05) is 40.2 Å². The molecule has 27 heavy (non-hydrogen) atoms. The Morgan fingerprint density at radius 2 is 1.96 bits per heavy atom. The molecule has 138 valence electrons. The van der Waals surface area contributed by atoms with Crippen molar-refractivity contribution in [2.75, 3.05) is 12.4 Å². The van der Waals surface area contributed by atoms with Gasteiger partial charge in [0.1, 0.15) is 0 Å². The van der Waals surface area contributed by atoms with Gasteiger partial charge in [0.15, 0.2) is 0 Å². The van der Waals surface area contributed by atoms with Gasteiger partial charge in [-0.25, -0.2) is 9.59 Å². The van der Waals surface area contributed by atoms with Crippen LogP contribution in [0.1, 0.15) is 50.2 Å². The number of benzene rings is 2. The number of carbonyl (C=O) groups excluding carboxylic acids is 1. The van der Waals surface area contributed by atoms with E-state index in [0.29, 0.717) is 11.3 Å². The molecule has 2 N–H and O–H groups in total. The van der Waals surface area contributed by atoms with E-state index in [0.717, 1.165) is 22.0 Å². The fraction of sp³-hybridized carbons (Fsp3) is 0.238. The van der Waals surface area contributed by atoms with Crippen LogP contribution in [0, 0.1) is 5.92 Å². The van der Waals surface area contributed by atoms with Crippen molar-refractivity contribution >= 4 is 33.6 Å². The number of carboxylic acid groups (broad SMARTS) is 1. The zero-order valence-corrected chi connectivity index (χ0v) is 16.2. The highest BCUT2D eigenvalue weighted by Gasteiger charge is 2.39. The Morgan fingerprint density at radius 1 is 1.22 bits per heavy atom. The van der Waals surface area contributed by atoms with Crippen LogP contribution in [0.3, 0.4) is 0 Å². The third-order valence-electron chi connectivity index (χ3n) is 5.35. The number of fused-ring (bicyclic) bond motifs is 3. The van der Waals surface area contributed by atoms with Crippen LogP contribution in [0.4, 0.5) is 5.69 Å². The van der Waals surface area contributed by atoms with Crippen LogP contribution in [0.15, 0.2) is 53.0 Å². The molecule has 0 saturated heterocycles. The lowest BCUT2D eigenvalue weighted by atomic mass is 9.76. The molecule has 0 fully saturated rings. The first-order valence-corrected chi connectivity index (χ1v) is 9.47. The molecular formula is C21H18BrNO4. The number of hydrogen-bond donors (Lipinski definition) is 2. The van der Waals surface area contributed by atoms with Crippen molar-refractivity contribution in [3.63, 3.8) is 0 Å². The van der Waals surface area contributed by atoms with Gasteiger partial charge in [0.05, 0.1) is 30.0 Å². The number of rotatable bonds is 3. The minimum Gasteiger partial charge on any atom is -0.478 e. The van der Waals surface area contributed by atoms with E-state index in [-0.39, 0.29) is 29.4 Å². The van der Waals surface area contributed by atoms with E-state index >= 15 is 0 Å². The molecule has 1 aliphatic carbocycles. The molecule has 3 atom stereocenters. The smallest absolute Gasteiger partial charge is 0.337 e. The second kappa shape index (κ2) is 6.85. The number of carbonyl (C=O) groups is 2. The minimum absolute atomic E-state index is 0.0385. The lowest BCUT2D eigenvalue weighted by Crippen LogP contribution is -2.30. The second-order valence-electron chi connectivity index (χ2n) is 6.81. The SMILES string of the molecule is COC(=O)c1ccc([C@@H]2Nc3c(C(=O)O)cc(Br)cc3[C@@H]3C=CC[C@H]32)cc1. The normalized spacial score (nSPS) is 22.5. The Labute approximate surface area is 165 Å². The predicted molar refractivity (Wildman–Crippen MR) is 105 cm³/mol. The van der Waals surface area contributed by atoms with Crippen molar-refractivity contribution in [2.45, 2.75) is 18.4 Å². The maximum atomic E-state index is 11.8. The molecule has 2 aliphatic rings. The van der Waals surface area contributed by atoms with Gasteiger partial charge >= 0.3 is 11.9 Å². The summed E-state index contributed by atoms with van der Waals surface area (Å²) in [6.45, 7) is 0. The van der Waals surface area contributed by atoms with Crippen LogP contribution >= 0.6 is 15.9 Å².